The Balaban J connectivity index is 1.99. The van der Waals surface area contributed by atoms with Gasteiger partial charge in [0.2, 0.25) is 0 Å². The van der Waals surface area contributed by atoms with Crippen LogP contribution in [0.3, 0.4) is 0 Å². The number of aliphatic carboxylic acids is 1. The van der Waals surface area contributed by atoms with Crippen LogP contribution >= 0.6 is 0 Å². The van der Waals surface area contributed by atoms with Gasteiger partial charge in [0.25, 0.3) is 5.91 Å². The first kappa shape index (κ1) is 15.5. The Morgan fingerprint density at radius 3 is 2.57 bits per heavy atom. The van der Waals surface area contributed by atoms with Gasteiger partial charge < -0.3 is 15.2 Å². The van der Waals surface area contributed by atoms with Crippen molar-refractivity contribution < 1.29 is 19.4 Å². The zero-order valence-corrected chi connectivity index (χ0v) is 12.2. The van der Waals surface area contributed by atoms with E-state index < -0.39 is 18.1 Å². The predicted molar refractivity (Wildman–Crippen MR) is 76.8 cm³/mol. The van der Waals surface area contributed by atoms with Gasteiger partial charge in [-0.25, -0.2) is 0 Å². The van der Waals surface area contributed by atoms with Crippen LogP contribution in [0, 0.1) is 0 Å². The number of hydrogen-bond acceptors (Lipinski definition) is 4. The standard InChI is InChI=1S/C15H20N2O4/c1-17-9-11(8-12(17)15(19)20)16-14(18)13(21-2)10-6-4-3-5-7-10/h3-7,11-13H,8-9H2,1-2H3,(H,16,18)(H,19,20)/t11-,12+,13-/m1/s1. The number of methoxy groups -OCH3 is 1. The largest absolute Gasteiger partial charge is 0.480 e. The lowest BCUT2D eigenvalue weighted by atomic mass is 10.1. The highest BCUT2D eigenvalue weighted by atomic mass is 16.5. The normalized spacial score (nSPS) is 23.7. The van der Waals surface area contributed by atoms with E-state index in [1.807, 2.05) is 30.3 Å². The summed E-state index contributed by atoms with van der Waals surface area (Å²) in [6.07, 6.45) is -0.275. The van der Waals surface area contributed by atoms with E-state index in [1.165, 1.54) is 7.11 Å². The minimum absolute atomic E-state index is 0.176. The highest BCUT2D eigenvalue weighted by Gasteiger charge is 2.36. The second kappa shape index (κ2) is 6.69. The zero-order valence-electron chi connectivity index (χ0n) is 12.2. The quantitative estimate of drug-likeness (QED) is 0.833. The van der Waals surface area contributed by atoms with E-state index in [2.05, 4.69) is 5.32 Å². The molecule has 1 amide bonds. The number of likely N-dealkylation sites (tertiary alicyclic amines) is 1. The molecule has 6 heteroatoms. The van der Waals surface area contributed by atoms with Gasteiger partial charge >= 0.3 is 5.97 Å². The first-order valence-electron chi connectivity index (χ1n) is 6.84. The van der Waals surface area contributed by atoms with Crippen molar-refractivity contribution in [1.82, 2.24) is 10.2 Å². The fourth-order valence-electron chi connectivity index (χ4n) is 2.69. The summed E-state index contributed by atoms with van der Waals surface area (Å²) >= 11 is 0. The third kappa shape index (κ3) is 3.59. The van der Waals surface area contributed by atoms with Crippen molar-refractivity contribution in [2.45, 2.75) is 24.6 Å². The molecular formula is C15H20N2O4. The molecule has 114 valence electrons. The Hall–Kier alpha value is -1.92. The van der Waals surface area contributed by atoms with Gasteiger partial charge in [-0.15, -0.1) is 0 Å². The molecular weight excluding hydrogens is 272 g/mol. The van der Waals surface area contributed by atoms with Crippen molar-refractivity contribution in [3.63, 3.8) is 0 Å². The SMILES string of the molecule is CO[C@@H](C(=O)N[C@@H]1C[C@@H](C(=O)O)N(C)C1)c1ccccc1. The molecule has 0 bridgehead atoms. The van der Waals surface area contributed by atoms with Gasteiger partial charge in [-0.3, -0.25) is 14.5 Å². The molecule has 21 heavy (non-hydrogen) atoms. The van der Waals surface area contributed by atoms with Crippen LogP contribution < -0.4 is 5.32 Å². The van der Waals surface area contributed by atoms with E-state index in [4.69, 9.17) is 9.84 Å². The van der Waals surface area contributed by atoms with E-state index in [9.17, 15) is 9.59 Å². The summed E-state index contributed by atoms with van der Waals surface area (Å²) in [5.74, 6) is -1.10. The van der Waals surface area contributed by atoms with Crippen LogP contribution in [0.2, 0.25) is 0 Å². The van der Waals surface area contributed by atoms with Crippen LogP contribution in [0.4, 0.5) is 0 Å². The molecule has 1 saturated heterocycles. The summed E-state index contributed by atoms with van der Waals surface area (Å²) in [6, 6.07) is 8.50. The molecule has 0 saturated carbocycles. The molecule has 0 spiro atoms. The van der Waals surface area contributed by atoms with Crippen LogP contribution in [0.5, 0.6) is 0 Å². The van der Waals surface area contributed by atoms with Crippen LogP contribution in [0.25, 0.3) is 0 Å². The molecule has 1 fully saturated rings. The number of nitrogens with one attached hydrogen (secondary N) is 1. The number of carbonyl (C=O) groups excluding carboxylic acids is 1. The summed E-state index contributed by atoms with van der Waals surface area (Å²) in [6.45, 7) is 0.522. The Labute approximate surface area is 123 Å². The van der Waals surface area contributed by atoms with Crippen LogP contribution in [-0.2, 0) is 14.3 Å². The monoisotopic (exact) mass is 292 g/mol. The number of carbonyl (C=O) groups is 2. The number of ether oxygens (including phenoxy) is 1. The minimum Gasteiger partial charge on any atom is -0.480 e. The highest BCUT2D eigenvalue weighted by molar-refractivity contribution is 5.83. The number of carboxylic acids is 1. The molecule has 1 aromatic carbocycles. The molecule has 2 rings (SSSR count). The molecule has 1 heterocycles. The highest BCUT2D eigenvalue weighted by Crippen LogP contribution is 2.20. The molecule has 0 unspecified atom stereocenters. The van der Waals surface area contributed by atoms with Gasteiger partial charge in [-0.1, -0.05) is 30.3 Å². The van der Waals surface area contributed by atoms with Gasteiger partial charge in [0.15, 0.2) is 6.10 Å². The maximum absolute atomic E-state index is 12.3. The first-order valence-corrected chi connectivity index (χ1v) is 6.84. The fraction of sp³-hybridized carbons (Fsp3) is 0.467. The third-order valence-electron chi connectivity index (χ3n) is 3.76. The van der Waals surface area contributed by atoms with Crippen molar-refractivity contribution in [3.05, 3.63) is 35.9 Å². The van der Waals surface area contributed by atoms with Crippen molar-refractivity contribution in [2.75, 3.05) is 20.7 Å². The fourth-order valence-corrected chi connectivity index (χ4v) is 2.69. The molecule has 0 aliphatic carbocycles. The third-order valence-corrected chi connectivity index (χ3v) is 3.76. The van der Waals surface area contributed by atoms with E-state index in [1.54, 1.807) is 11.9 Å². The van der Waals surface area contributed by atoms with Crippen LogP contribution in [0.1, 0.15) is 18.1 Å². The minimum atomic E-state index is -0.861. The molecule has 1 aliphatic rings. The summed E-state index contributed by atoms with van der Waals surface area (Å²) in [5, 5.41) is 12.0. The number of amides is 1. The van der Waals surface area contributed by atoms with E-state index in [-0.39, 0.29) is 11.9 Å². The Bertz CT molecular complexity index is 506. The topological polar surface area (TPSA) is 78.9 Å². The number of likely N-dealkylation sites (N-methyl/N-ethyl adjacent to an activating group) is 1. The van der Waals surface area contributed by atoms with E-state index >= 15 is 0 Å². The van der Waals surface area contributed by atoms with Gasteiger partial charge in [-0.2, -0.15) is 0 Å². The number of nitrogens with zero attached hydrogens (tertiary/aromatic N) is 1. The van der Waals surface area contributed by atoms with E-state index in [0.29, 0.717) is 13.0 Å². The number of rotatable bonds is 5. The van der Waals surface area contributed by atoms with Crippen molar-refractivity contribution in [2.24, 2.45) is 0 Å². The average molecular weight is 292 g/mol. The van der Waals surface area contributed by atoms with Gasteiger partial charge in [-0.05, 0) is 19.0 Å². The van der Waals surface area contributed by atoms with Crippen LogP contribution in [0.15, 0.2) is 30.3 Å². The predicted octanol–water partition coefficient (Wildman–Crippen LogP) is 0.648. The van der Waals surface area contributed by atoms with Gasteiger partial charge in [0.05, 0.1) is 0 Å². The van der Waals surface area contributed by atoms with Crippen molar-refractivity contribution >= 4 is 11.9 Å². The number of carboxylic acid groups (broad SMARTS) is 1. The Morgan fingerprint density at radius 1 is 1.38 bits per heavy atom. The second-order valence-electron chi connectivity index (χ2n) is 5.26. The lowest BCUT2D eigenvalue weighted by molar-refractivity contribution is -0.141. The lowest BCUT2D eigenvalue weighted by Gasteiger charge is -2.19. The van der Waals surface area contributed by atoms with Gasteiger partial charge in [0, 0.05) is 19.7 Å². The summed E-state index contributed by atoms with van der Waals surface area (Å²) < 4.78 is 5.27. The van der Waals surface area contributed by atoms with Crippen molar-refractivity contribution in [3.8, 4) is 0 Å². The molecule has 0 radical (unpaired) electrons. The number of benzene rings is 1. The molecule has 6 nitrogen and oxygen atoms in total. The Kier molecular flexibility index (Phi) is 4.93. The first-order chi connectivity index (χ1) is 10.0. The molecule has 1 aromatic rings. The summed E-state index contributed by atoms with van der Waals surface area (Å²) in [7, 11) is 3.23. The maximum atomic E-state index is 12.3. The van der Waals surface area contributed by atoms with Gasteiger partial charge in [0.1, 0.15) is 6.04 Å². The zero-order chi connectivity index (χ0) is 15.4. The second-order valence-corrected chi connectivity index (χ2v) is 5.26. The van der Waals surface area contributed by atoms with E-state index in [0.717, 1.165) is 5.56 Å². The van der Waals surface area contributed by atoms with Crippen LogP contribution in [-0.4, -0.2) is 54.7 Å². The maximum Gasteiger partial charge on any atom is 0.320 e. The van der Waals surface area contributed by atoms with Crippen molar-refractivity contribution in [1.29, 1.82) is 0 Å². The molecule has 3 atom stereocenters. The molecule has 1 aliphatic heterocycles. The average Bonchev–Trinajstić information content (AvgIpc) is 2.81. The summed E-state index contributed by atoms with van der Waals surface area (Å²) in [4.78, 5) is 25.1. The number of hydrogen-bond donors (Lipinski definition) is 2. The smallest absolute Gasteiger partial charge is 0.320 e. The molecule has 0 aromatic heterocycles. The molecule has 2 N–H and O–H groups in total. The summed E-state index contributed by atoms with van der Waals surface area (Å²) in [5.41, 5.74) is 0.777. The Morgan fingerprint density at radius 2 is 2.05 bits per heavy atom. The lowest BCUT2D eigenvalue weighted by Crippen LogP contribution is -2.39.